The van der Waals surface area contributed by atoms with E-state index in [4.69, 9.17) is 0 Å². The predicted octanol–water partition coefficient (Wildman–Crippen LogP) is 2.76. The summed E-state index contributed by atoms with van der Waals surface area (Å²) in [6, 6.07) is 0. The molecule has 0 fully saturated rings. The SMILES string of the molecule is C1=CC[C]([Ni][C]2=CC=CC2)=C1. The quantitative estimate of drug-likeness (QED) is 0.585. The zero-order chi connectivity index (χ0) is 7.52. The molecule has 0 aromatic heterocycles. The van der Waals surface area contributed by atoms with E-state index >= 15 is 0 Å². The maximum absolute atomic E-state index is 2.21. The van der Waals surface area contributed by atoms with E-state index in [0.29, 0.717) is 0 Å². The molecule has 0 amide bonds. The van der Waals surface area contributed by atoms with Gasteiger partial charge >= 0.3 is 72.8 Å². The van der Waals surface area contributed by atoms with Crippen LogP contribution in [-0.4, -0.2) is 0 Å². The standard InChI is InChI=1S/2C5H5.Ni/c2*1-2-4-5-3-1;/h2*1-3H,4H2;. The van der Waals surface area contributed by atoms with Crippen molar-refractivity contribution in [1.29, 1.82) is 0 Å². The van der Waals surface area contributed by atoms with E-state index in [1.807, 2.05) is 0 Å². The first-order valence-corrected chi connectivity index (χ1v) is 4.74. The normalized spacial score (nSPS) is 21.1. The summed E-state index contributed by atoms with van der Waals surface area (Å²) in [4.78, 5) is 0. The molecule has 0 aromatic carbocycles. The average Bonchev–Trinajstić information content (AvgIpc) is 2.60. The number of hydrogen-bond acceptors (Lipinski definition) is 0. The van der Waals surface area contributed by atoms with Gasteiger partial charge in [-0.15, -0.1) is 0 Å². The number of rotatable bonds is 2. The Labute approximate surface area is 73.2 Å². The predicted molar refractivity (Wildman–Crippen MR) is 43.7 cm³/mol. The van der Waals surface area contributed by atoms with Crippen molar-refractivity contribution < 1.29 is 14.4 Å². The van der Waals surface area contributed by atoms with Crippen LogP contribution < -0.4 is 0 Å². The molecule has 0 N–H and O–H groups in total. The van der Waals surface area contributed by atoms with Gasteiger partial charge in [-0.05, 0) is 0 Å². The minimum absolute atomic E-state index is 1.14. The van der Waals surface area contributed by atoms with E-state index < -0.39 is 0 Å². The Hall–Kier alpha value is -0.546. The molecule has 0 atom stereocenters. The molecule has 0 saturated heterocycles. The molecule has 0 saturated carbocycles. The molecule has 2 aliphatic carbocycles. The second-order valence-electron chi connectivity index (χ2n) is 2.49. The van der Waals surface area contributed by atoms with Gasteiger partial charge in [0, 0.05) is 0 Å². The van der Waals surface area contributed by atoms with Gasteiger partial charge < -0.3 is 0 Å². The molecule has 0 aliphatic heterocycles. The van der Waals surface area contributed by atoms with Crippen LogP contribution >= 0.6 is 0 Å². The molecule has 0 heterocycles. The topological polar surface area (TPSA) is 0 Å². The summed E-state index contributed by atoms with van der Waals surface area (Å²) in [5.41, 5.74) is 0. The van der Waals surface area contributed by atoms with Gasteiger partial charge in [0.2, 0.25) is 0 Å². The summed E-state index contributed by atoms with van der Waals surface area (Å²) in [6.45, 7) is 0. The van der Waals surface area contributed by atoms with E-state index in [1.54, 1.807) is 14.4 Å². The van der Waals surface area contributed by atoms with Crippen LogP contribution in [-0.2, 0) is 14.4 Å². The summed E-state index contributed by atoms with van der Waals surface area (Å²) >= 11 is 1.73. The fraction of sp³-hybridized carbons (Fsp3) is 0.200. The van der Waals surface area contributed by atoms with E-state index in [9.17, 15) is 0 Å². The van der Waals surface area contributed by atoms with Crippen molar-refractivity contribution in [3.8, 4) is 0 Å². The van der Waals surface area contributed by atoms with Crippen molar-refractivity contribution >= 4 is 0 Å². The molecule has 0 unspecified atom stereocenters. The Kier molecular flexibility index (Phi) is 2.09. The first-order valence-electron chi connectivity index (χ1n) is 3.75. The summed E-state index contributed by atoms with van der Waals surface area (Å²) in [5.74, 6) is 0. The summed E-state index contributed by atoms with van der Waals surface area (Å²) in [5, 5.41) is 0. The third-order valence-corrected chi connectivity index (χ3v) is 2.98. The van der Waals surface area contributed by atoms with Gasteiger partial charge in [0.1, 0.15) is 0 Å². The van der Waals surface area contributed by atoms with Gasteiger partial charge in [0.05, 0.1) is 0 Å². The van der Waals surface area contributed by atoms with E-state index in [-0.39, 0.29) is 0 Å². The molecule has 2 aliphatic rings. The minimum atomic E-state index is 1.14. The number of hydrogen-bond donors (Lipinski definition) is 0. The van der Waals surface area contributed by atoms with Crippen LogP contribution in [0.1, 0.15) is 12.8 Å². The third-order valence-electron chi connectivity index (χ3n) is 1.61. The van der Waals surface area contributed by atoms with Crippen molar-refractivity contribution in [3.05, 3.63) is 45.5 Å². The van der Waals surface area contributed by atoms with Crippen molar-refractivity contribution in [1.82, 2.24) is 0 Å². The van der Waals surface area contributed by atoms with Crippen LogP contribution in [0.5, 0.6) is 0 Å². The molecule has 11 heavy (non-hydrogen) atoms. The first-order chi connectivity index (χ1) is 5.45. The Morgan fingerprint density at radius 2 is 1.45 bits per heavy atom. The van der Waals surface area contributed by atoms with E-state index in [2.05, 4.69) is 36.5 Å². The Bertz CT molecular complexity index is 239. The van der Waals surface area contributed by atoms with E-state index in [1.165, 1.54) is 9.09 Å². The maximum atomic E-state index is 2.21. The van der Waals surface area contributed by atoms with E-state index in [0.717, 1.165) is 12.8 Å². The second-order valence-corrected chi connectivity index (χ2v) is 4.01. The Morgan fingerprint density at radius 1 is 0.909 bits per heavy atom. The van der Waals surface area contributed by atoms with Gasteiger partial charge in [-0.1, -0.05) is 0 Å². The molecule has 2 rings (SSSR count). The molecule has 0 bridgehead atoms. The summed E-state index contributed by atoms with van der Waals surface area (Å²) in [6.07, 6.45) is 15.4. The fourth-order valence-corrected chi connectivity index (χ4v) is 2.26. The van der Waals surface area contributed by atoms with Crippen LogP contribution in [0, 0.1) is 0 Å². The Morgan fingerprint density at radius 3 is 1.82 bits per heavy atom. The van der Waals surface area contributed by atoms with Crippen molar-refractivity contribution in [3.63, 3.8) is 0 Å². The zero-order valence-electron chi connectivity index (χ0n) is 6.19. The van der Waals surface area contributed by atoms with Gasteiger partial charge in [-0.25, -0.2) is 0 Å². The zero-order valence-corrected chi connectivity index (χ0v) is 7.18. The molecule has 0 nitrogen and oxygen atoms in total. The first kappa shape index (κ1) is 7.12. The summed E-state index contributed by atoms with van der Waals surface area (Å²) < 4.78 is 2.99. The van der Waals surface area contributed by atoms with Crippen molar-refractivity contribution in [2.45, 2.75) is 12.8 Å². The van der Waals surface area contributed by atoms with Gasteiger partial charge in [-0.2, -0.15) is 0 Å². The van der Waals surface area contributed by atoms with Gasteiger partial charge in [-0.3, -0.25) is 0 Å². The molecule has 0 radical (unpaired) electrons. The molecular formula is C10H10Ni. The van der Waals surface area contributed by atoms with Crippen LogP contribution in [0.3, 0.4) is 0 Å². The molecule has 0 aromatic rings. The van der Waals surface area contributed by atoms with Crippen LogP contribution in [0.2, 0.25) is 0 Å². The van der Waals surface area contributed by atoms with Gasteiger partial charge in [0.15, 0.2) is 0 Å². The van der Waals surface area contributed by atoms with Crippen molar-refractivity contribution in [2.24, 2.45) is 0 Å². The molecule has 0 spiro atoms. The Balaban J connectivity index is 1.91. The summed E-state index contributed by atoms with van der Waals surface area (Å²) in [7, 11) is 0. The van der Waals surface area contributed by atoms with Crippen LogP contribution in [0.4, 0.5) is 0 Å². The van der Waals surface area contributed by atoms with Gasteiger partial charge in [0.25, 0.3) is 0 Å². The average molecular weight is 189 g/mol. The monoisotopic (exact) mass is 188 g/mol. The molecular weight excluding hydrogens is 179 g/mol. The second kappa shape index (κ2) is 3.23. The molecule has 60 valence electrons. The number of allylic oxidation sites excluding steroid dienone is 8. The van der Waals surface area contributed by atoms with Crippen molar-refractivity contribution in [2.75, 3.05) is 0 Å². The van der Waals surface area contributed by atoms with Crippen LogP contribution in [0.25, 0.3) is 0 Å². The molecule has 1 heteroatoms. The van der Waals surface area contributed by atoms with Crippen LogP contribution in [0.15, 0.2) is 45.5 Å². The fourth-order valence-electron chi connectivity index (χ4n) is 1.06. The third kappa shape index (κ3) is 1.72.